The Bertz CT molecular complexity index is 1550. The zero-order chi connectivity index (χ0) is 26.6. The molecular weight excluding hydrogens is 480 g/mol. The normalized spacial score (nSPS) is 19.4. The molecule has 1 aromatic carbocycles. The number of rotatable bonds is 7. The van der Waals surface area contributed by atoms with Crippen molar-refractivity contribution in [3.8, 4) is 5.82 Å². The first-order valence-corrected chi connectivity index (χ1v) is 12.9. The highest BCUT2D eigenvalue weighted by Crippen LogP contribution is 2.37. The molecule has 2 aliphatic heterocycles. The molecule has 0 saturated carbocycles. The first-order chi connectivity index (χ1) is 18.2. The standard InChI is InChI=1S/C28H32N8O2/c1-5-13-34-26(37)22-15-29-27(32-25(22)36(34)24-8-6-7-23(31-24)28(2,3)38)30-18-9-11-19(12-10-18)35-20-14-21(35)17-33(4)16-20/h5-12,15,20-21,38H,1,13-14,16-17H2,2-4H3,(H,29,30,32). The van der Waals surface area contributed by atoms with Crippen LogP contribution in [0.3, 0.4) is 0 Å². The van der Waals surface area contributed by atoms with Gasteiger partial charge in [0, 0.05) is 42.7 Å². The lowest BCUT2D eigenvalue weighted by molar-refractivity contribution is 0.0738. The number of piperazine rings is 1. The highest BCUT2D eigenvalue weighted by atomic mass is 16.3. The molecule has 2 unspecified atom stereocenters. The van der Waals surface area contributed by atoms with Gasteiger partial charge in [0.25, 0.3) is 5.56 Å². The second kappa shape index (κ2) is 9.07. The van der Waals surface area contributed by atoms with Crippen molar-refractivity contribution in [1.82, 2.24) is 29.2 Å². The molecule has 0 spiro atoms. The Hall–Kier alpha value is -4.02. The van der Waals surface area contributed by atoms with Gasteiger partial charge in [-0.05, 0) is 63.7 Å². The summed E-state index contributed by atoms with van der Waals surface area (Å²) >= 11 is 0. The van der Waals surface area contributed by atoms with Gasteiger partial charge in [-0.2, -0.15) is 4.98 Å². The summed E-state index contributed by atoms with van der Waals surface area (Å²) in [5.74, 6) is 0.842. The van der Waals surface area contributed by atoms with E-state index in [0.29, 0.717) is 40.6 Å². The minimum absolute atomic E-state index is 0.239. The monoisotopic (exact) mass is 512 g/mol. The lowest BCUT2D eigenvalue weighted by Crippen LogP contribution is -2.68. The number of hydrogen-bond donors (Lipinski definition) is 2. The summed E-state index contributed by atoms with van der Waals surface area (Å²) in [6, 6.07) is 14.8. The van der Waals surface area contributed by atoms with E-state index >= 15 is 0 Å². The Morgan fingerprint density at radius 1 is 1.13 bits per heavy atom. The molecule has 0 radical (unpaired) electrons. The maximum atomic E-state index is 13.2. The summed E-state index contributed by atoms with van der Waals surface area (Å²) < 4.78 is 3.17. The Balaban J connectivity index is 1.34. The van der Waals surface area contributed by atoms with Crippen molar-refractivity contribution in [3.05, 3.63) is 77.4 Å². The lowest BCUT2D eigenvalue weighted by Gasteiger charge is -2.57. The largest absolute Gasteiger partial charge is 0.384 e. The first-order valence-electron chi connectivity index (χ1n) is 12.9. The van der Waals surface area contributed by atoms with Crippen molar-refractivity contribution >= 4 is 28.4 Å². The van der Waals surface area contributed by atoms with Crippen LogP contribution in [0.5, 0.6) is 0 Å². The average Bonchev–Trinajstić information content (AvgIpc) is 3.15. The van der Waals surface area contributed by atoms with Crippen LogP contribution in [0, 0.1) is 0 Å². The molecule has 0 amide bonds. The quantitative estimate of drug-likeness (QED) is 0.364. The van der Waals surface area contributed by atoms with Crippen molar-refractivity contribution in [2.45, 2.75) is 44.5 Å². The van der Waals surface area contributed by atoms with E-state index in [1.54, 1.807) is 42.8 Å². The van der Waals surface area contributed by atoms with Gasteiger partial charge in [0.1, 0.15) is 11.0 Å². The highest BCUT2D eigenvalue weighted by molar-refractivity contribution is 5.77. The van der Waals surface area contributed by atoms with Crippen molar-refractivity contribution < 1.29 is 5.11 Å². The SMILES string of the molecule is C=CCn1c(=O)c2cnc(Nc3ccc(N4C5CC4CN(C)C5)cc3)nc2n1-c1cccc(C(C)(C)O)n1. The summed E-state index contributed by atoms with van der Waals surface area (Å²) in [5.41, 5.74) is 1.62. The molecule has 2 atom stereocenters. The number of anilines is 3. The van der Waals surface area contributed by atoms with E-state index in [1.807, 2.05) is 12.1 Å². The Kier molecular flexibility index (Phi) is 5.81. The fraction of sp³-hybridized carbons (Fsp3) is 0.357. The fourth-order valence-corrected chi connectivity index (χ4v) is 5.58. The zero-order valence-electron chi connectivity index (χ0n) is 21.9. The van der Waals surface area contributed by atoms with Gasteiger partial charge in [-0.3, -0.25) is 4.79 Å². The van der Waals surface area contributed by atoms with Crippen LogP contribution >= 0.6 is 0 Å². The molecule has 10 nitrogen and oxygen atoms in total. The van der Waals surface area contributed by atoms with Gasteiger partial charge >= 0.3 is 0 Å². The number of likely N-dealkylation sites (N-methyl/N-ethyl adjacent to an activating group) is 1. The summed E-state index contributed by atoms with van der Waals surface area (Å²) in [6.45, 7) is 9.61. The number of piperidine rings is 1. The third kappa shape index (κ3) is 4.15. The molecule has 2 saturated heterocycles. The molecule has 0 aliphatic carbocycles. The summed E-state index contributed by atoms with van der Waals surface area (Å²) in [7, 11) is 2.19. The molecule has 38 heavy (non-hydrogen) atoms. The number of likely N-dealkylation sites (tertiary alicyclic amines) is 1. The number of fused-ring (bicyclic) bond motifs is 3. The first kappa shape index (κ1) is 24.3. The van der Waals surface area contributed by atoms with E-state index < -0.39 is 5.60 Å². The van der Waals surface area contributed by atoms with Gasteiger partial charge in [0.15, 0.2) is 11.5 Å². The van der Waals surface area contributed by atoms with Crippen LogP contribution in [0.2, 0.25) is 0 Å². The van der Waals surface area contributed by atoms with Crippen molar-refractivity contribution in [3.63, 3.8) is 0 Å². The molecular formula is C28H32N8O2. The van der Waals surface area contributed by atoms with Crippen LogP contribution in [0.4, 0.5) is 17.3 Å². The smallest absolute Gasteiger partial charge is 0.278 e. The number of nitrogens with zero attached hydrogens (tertiary/aromatic N) is 7. The number of allylic oxidation sites excluding steroid dienone is 1. The molecule has 196 valence electrons. The Morgan fingerprint density at radius 3 is 2.55 bits per heavy atom. The van der Waals surface area contributed by atoms with E-state index in [-0.39, 0.29) is 12.1 Å². The molecule has 2 fully saturated rings. The molecule has 6 rings (SSSR count). The second-order valence-corrected chi connectivity index (χ2v) is 10.7. The van der Waals surface area contributed by atoms with Crippen LogP contribution in [0.1, 0.15) is 26.0 Å². The van der Waals surface area contributed by atoms with Crippen LogP contribution in [0.15, 0.2) is 66.1 Å². The molecule has 3 aromatic heterocycles. The number of aromatic nitrogens is 5. The minimum Gasteiger partial charge on any atom is -0.384 e. The van der Waals surface area contributed by atoms with Gasteiger partial charge in [0.05, 0.1) is 12.2 Å². The molecule has 2 bridgehead atoms. The second-order valence-electron chi connectivity index (χ2n) is 10.7. The summed E-state index contributed by atoms with van der Waals surface area (Å²) in [4.78, 5) is 31.9. The molecule has 10 heteroatoms. The molecule has 4 aromatic rings. The van der Waals surface area contributed by atoms with E-state index in [2.05, 4.69) is 50.8 Å². The van der Waals surface area contributed by atoms with Crippen molar-refractivity contribution in [1.29, 1.82) is 0 Å². The number of aliphatic hydroxyl groups is 1. The maximum Gasteiger partial charge on any atom is 0.278 e. The maximum absolute atomic E-state index is 13.2. The van der Waals surface area contributed by atoms with Gasteiger partial charge in [0.2, 0.25) is 5.95 Å². The number of hydrogen-bond acceptors (Lipinski definition) is 8. The molecule has 2 N–H and O–H groups in total. The lowest BCUT2D eigenvalue weighted by atomic mass is 9.87. The van der Waals surface area contributed by atoms with E-state index in [4.69, 9.17) is 4.98 Å². The number of pyridine rings is 1. The predicted octanol–water partition coefficient (Wildman–Crippen LogP) is 3.03. The van der Waals surface area contributed by atoms with Gasteiger partial charge < -0.3 is 20.2 Å². The third-order valence-corrected chi connectivity index (χ3v) is 7.35. The summed E-state index contributed by atoms with van der Waals surface area (Å²) in [6.07, 6.45) is 4.45. The van der Waals surface area contributed by atoms with Gasteiger partial charge in [-0.1, -0.05) is 12.1 Å². The molecule has 2 aliphatic rings. The predicted molar refractivity (Wildman–Crippen MR) is 148 cm³/mol. The van der Waals surface area contributed by atoms with Crippen LogP contribution in [0.25, 0.3) is 16.9 Å². The third-order valence-electron chi connectivity index (χ3n) is 7.35. The van der Waals surface area contributed by atoms with Gasteiger partial charge in [-0.15, -0.1) is 6.58 Å². The van der Waals surface area contributed by atoms with E-state index in [1.165, 1.54) is 23.0 Å². The molecule has 5 heterocycles. The zero-order valence-corrected chi connectivity index (χ0v) is 21.9. The van der Waals surface area contributed by atoms with E-state index in [0.717, 1.165) is 18.8 Å². The topological polar surface area (TPSA) is 104 Å². The number of nitrogens with one attached hydrogen (secondary N) is 1. The van der Waals surface area contributed by atoms with Crippen LogP contribution in [-0.4, -0.2) is 66.5 Å². The van der Waals surface area contributed by atoms with Crippen molar-refractivity contribution in [2.75, 3.05) is 30.4 Å². The fourth-order valence-electron chi connectivity index (χ4n) is 5.58. The summed E-state index contributed by atoms with van der Waals surface area (Å²) in [5, 5.41) is 14.1. The average molecular weight is 513 g/mol. The number of benzene rings is 1. The van der Waals surface area contributed by atoms with Crippen LogP contribution in [-0.2, 0) is 12.1 Å². The van der Waals surface area contributed by atoms with E-state index in [9.17, 15) is 9.90 Å². The highest BCUT2D eigenvalue weighted by Gasteiger charge is 2.43. The van der Waals surface area contributed by atoms with Crippen LogP contribution < -0.4 is 15.8 Å². The minimum atomic E-state index is -1.14. The van der Waals surface area contributed by atoms with Crippen molar-refractivity contribution in [2.24, 2.45) is 0 Å². The Morgan fingerprint density at radius 2 is 1.87 bits per heavy atom. The Labute approximate surface area is 220 Å². The van der Waals surface area contributed by atoms with Gasteiger partial charge in [-0.25, -0.2) is 19.3 Å².